The molecule has 9 nitrogen and oxygen atoms in total. The molecule has 0 fully saturated rings. The number of thiophene rings is 1. The zero-order valence-electron chi connectivity index (χ0n) is 15.3. The molecular formula is C18H17N7O2S. The maximum atomic E-state index is 11.8. The molecule has 142 valence electrons. The van der Waals surface area contributed by atoms with Gasteiger partial charge in [-0.05, 0) is 38.1 Å². The molecule has 0 saturated carbocycles. The minimum absolute atomic E-state index is 0.0835. The summed E-state index contributed by atoms with van der Waals surface area (Å²) in [5, 5.41) is 23.6. The van der Waals surface area contributed by atoms with Crippen molar-refractivity contribution in [2.45, 2.75) is 13.8 Å². The molecule has 28 heavy (non-hydrogen) atoms. The zero-order valence-corrected chi connectivity index (χ0v) is 16.1. The molecule has 0 saturated heterocycles. The molecule has 0 spiro atoms. The lowest BCUT2D eigenvalue weighted by Crippen LogP contribution is -2.20. The highest BCUT2D eigenvalue weighted by atomic mass is 32.1. The van der Waals surface area contributed by atoms with Gasteiger partial charge in [-0.15, -0.1) is 21.5 Å². The van der Waals surface area contributed by atoms with Gasteiger partial charge in [-0.2, -0.15) is 9.61 Å². The predicted octanol–water partition coefficient (Wildman–Crippen LogP) is 1.73. The third-order valence-electron chi connectivity index (χ3n) is 4.28. The summed E-state index contributed by atoms with van der Waals surface area (Å²) in [5.74, 6) is -0.499. The molecule has 4 aromatic heterocycles. The van der Waals surface area contributed by atoms with Crippen LogP contribution >= 0.6 is 11.3 Å². The quantitative estimate of drug-likeness (QED) is 0.526. The van der Waals surface area contributed by atoms with Gasteiger partial charge in [-0.1, -0.05) is 0 Å². The molecule has 4 rings (SSSR count). The molecule has 0 aliphatic carbocycles. The minimum atomic E-state index is -1.13. The maximum absolute atomic E-state index is 11.8. The first kappa shape index (κ1) is 18.0. The van der Waals surface area contributed by atoms with E-state index in [1.165, 1.54) is 4.52 Å². The van der Waals surface area contributed by atoms with Crippen LogP contribution in [0.1, 0.15) is 29.2 Å². The van der Waals surface area contributed by atoms with E-state index in [1.54, 1.807) is 35.9 Å². The van der Waals surface area contributed by atoms with E-state index in [2.05, 4.69) is 44.0 Å². The highest BCUT2D eigenvalue weighted by Crippen LogP contribution is 2.26. The number of hydrogen-bond acceptors (Lipinski definition) is 8. The monoisotopic (exact) mass is 395 g/mol. The summed E-state index contributed by atoms with van der Waals surface area (Å²) < 4.78 is 1.38. The van der Waals surface area contributed by atoms with Crippen LogP contribution in [0.3, 0.4) is 0 Å². The number of carboxylic acids is 1. The van der Waals surface area contributed by atoms with E-state index in [9.17, 15) is 9.90 Å². The maximum Gasteiger partial charge on any atom is 0.357 e. The molecular weight excluding hydrogens is 378 g/mol. The lowest BCUT2D eigenvalue weighted by Gasteiger charge is -2.17. The average Bonchev–Trinajstić information content (AvgIpc) is 3.40. The fourth-order valence-corrected chi connectivity index (χ4v) is 3.99. The minimum Gasteiger partial charge on any atom is -0.476 e. The number of aromatic carboxylic acids is 1. The summed E-state index contributed by atoms with van der Waals surface area (Å²) in [4.78, 5) is 23.2. The Morgan fingerprint density at radius 1 is 1.21 bits per heavy atom. The number of anilines is 1. The van der Waals surface area contributed by atoms with Gasteiger partial charge >= 0.3 is 5.97 Å². The highest BCUT2D eigenvalue weighted by molar-refractivity contribution is 7.16. The normalized spacial score (nSPS) is 12.0. The summed E-state index contributed by atoms with van der Waals surface area (Å²) in [6, 6.07) is 5.68. The van der Waals surface area contributed by atoms with Gasteiger partial charge in [0, 0.05) is 30.4 Å². The van der Waals surface area contributed by atoms with Crippen LogP contribution in [0.25, 0.3) is 23.4 Å². The summed E-state index contributed by atoms with van der Waals surface area (Å²) >= 11 is 1.59. The molecule has 0 atom stereocenters. The Morgan fingerprint density at radius 2 is 1.96 bits per heavy atom. The third-order valence-corrected chi connectivity index (χ3v) is 5.37. The fraction of sp³-hybridized carbons (Fsp3) is 0.222. The molecule has 0 bridgehead atoms. The fourth-order valence-electron chi connectivity index (χ4n) is 2.91. The van der Waals surface area contributed by atoms with Gasteiger partial charge < -0.3 is 10.0 Å². The largest absolute Gasteiger partial charge is 0.476 e. The van der Waals surface area contributed by atoms with Gasteiger partial charge in [0.05, 0.1) is 10.2 Å². The van der Waals surface area contributed by atoms with Crippen LogP contribution in [-0.2, 0) is 0 Å². The van der Waals surface area contributed by atoms with Crippen LogP contribution in [0.5, 0.6) is 0 Å². The summed E-state index contributed by atoms with van der Waals surface area (Å²) in [7, 11) is 0. The predicted molar refractivity (Wildman–Crippen MR) is 105 cm³/mol. The van der Waals surface area contributed by atoms with Crippen LogP contribution in [0, 0.1) is 0 Å². The van der Waals surface area contributed by atoms with Crippen molar-refractivity contribution in [3.05, 3.63) is 46.4 Å². The molecule has 0 aromatic carbocycles. The topological polar surface area (TPSA) is 109 Å². The number of carbonyl (C=O) groups is 1. The van der Waals surface area contributed by atoms with Crippen molar-refractivity contribution in [1.29, 1.82) is 0 Å². The van der Waals surface area contributed by atoms with Gasteiger partial charge in [0.1, 0.15) is 0 Å². The van der Waals surface area contributed by atoms with Crippen molar-refractivity contribution in [3.63, 3.8) is 0 Å². The Morgan fingerprint density at radius 3 is 2.64 bits per heavy atom. The van der Waals surface area contributed by atoms with Crippen molar-refractivity contribution in [2.24, 2.45) is 0 Å². The molecule has 0 unspecified atom stereocenters. The van der Waals surface area contributed by atoms with Crippen LogP contribution in [0.2, 0.25) is 0 Å². The summed E-state index contributed by atoms with van der Waals surface area (Å²) in [5.41, 5.74) is 0.275. The average molecular weight is 395 g/mol. The van der Waals surface area contributed by atoms with E-state index >= 15 is 0 Å². The Balaban J connectivity index is 1.87. The zero-order chi connectivity index (χ0) is 19.7. The second kappa shape index (κ2) is 7.31. The highest BCUT2D eigenvalue weighted by Gasteiger charge is 2.21. The smallest absolute Gasteiger partial charge is 0.357 e. The number of rotatable bonds is 6. The Bertz CT molecular complexity index is 1180. The Labute approximate surface area is 164 Å². The number of nitrogens with zero attached hydrogens (tertiary/aromatic N) is 7. The molecule has 4 heterocycles. The van der Waals surface area contributed by atoms with Crippen molar-refractivity contribution in [2.75, 3.05) is 18.0 Å². The third kappa shape index (κ3) is 3.07. The molecule has 0 aliphatic rings. The van der Waals surface area contributed by atoms with E-state index in [-0.39, 0.29) is 5.69 Å². The van der Waals surface area contributed by atoms with Crippen molar-refractivity contribution in [1.82, 2.24) is 29.8 Å². The lowest BCUT2D eigenvalue weighted by atomic mass is 10.3. The van der Waals surface area contributed by atoms with E-state index in [1.807, 2.05) is 12.1 Å². The molecule has 0 amide bonds. The van der Waals surface area contributed by atoms with Crippen molar-refractivity contribution in [3.8, 4) is 11.6 Å². The Kier molecular flexibility index (Phi) is 4.70. The lowest BCUT2D eigenvalue weighted by molar-refractivity contribution is 0.0689. The SMILES string of the molecule is CCN(CC)c1ccc(/C=c2/c(C(=O)O)nn3c(-c4ncccn4)nnc23)s1. The van der Waals surface area contributed by atoms with Gasteiger partial charge in [0.15, 0.2) is 17.2 Å². The Hall–Kier alpha value is -3.40. The van der Waals surface area contributed by atoms with Crippen molar-refractivity contribution >= 4 is 34.0 Å². The number of fused-ring (bicyclic) bond motifs is 1. The number of hydrogen-bond donors (Lipinski definition) is 1. The van der Waals surface area contributed by atoms with E-state index in [4.69, 9.17) is 0 Å². The number of aromatic nitrogens is 6. The first-order valence-corrected chi connectivity index (χ1v) is 9.56. The van der Waals surface area contributed by atoms with Gasteiger partial charge in [0.2, 0.25) is 5.82 Å². The summed E-state index contributed by atoms with van der Waals surface area (Å²) in [6.45, 7) is 6.01. The van der Waals surface area contributed by atoms with Crippen molar-refractivity contribution < 1.29 is 9.90 Å². The van der Waals surface area contributed by atoms with Crippen LogP contribution < -0.4 is 10.1 Å². The second-order valence-corrected chi connectivity index (χ2v) is 6.99. The number of carboxylic acid groups (broad SMARTS) is 1. The summed E-state index contributed by atoms with van der Waals surface area (Å²) in [6.07, 6.45) is 4.95. The van der Waals surface area contributed by atoms with Crippen LogP contribution in [0.15, 0.2) is 30.6 Å². The van der Waals surface area contributed by atoms with Gasteiger partial charge in [-0.25, -0.2) is 14.8 Å². The molecule has 0 radical (unpaired) electrons. The molecule has 10 heteroatoms. The molecule has 1 N–H and O–H groups in total. The molecule has 0 aliphatic heterocycles. The van der Waals surface area contributed by atoms with Gasteiger partial charge in [0.25, 0.3) is 0 Å². The van der Waals surface area contributed by atoms with Gasteiger partial charge in [-0.3, -0.25) is 0 Å². The van der Waals surface area contributed by atoms with Crippen LogP contribution in [0.4, 0.5) is 5.00 Å². The van der Waals surface area contributed by atoms with E-state index in [0.717, 1.165) is 23.0 Å². The molecule has 4 aromatic rings. The van der Waals surface area contributed by atoms with Crippen LogP contribution in [-0.4, -0.2) is 53.9 Å². The second-order valence-electron chi connectivity index (χ2n) is 5.89. The van der Waals surface area contributed by atoms with E-state index in [0.29, 0.717) is 22.5 Å². The standard InChI is InChI=1S/C18H17N7O2S/c1-3-24(4-2)13-7-6-11(28-13)10-12-14(18(26)27)23-25-16(12)21-22-17(25)15-19-8-5-9-20-15/h5-10H,3-4H2,1-2H3,(H,26,27)/b12-10-. The first-order chi connectivity index (χ1) is 13.6. The first-order valence-electron chi connectivity index (χ1n) is 8.74. The van der Waals surface area contributed by atoms with E-state index < -0.39 is 5.97 Å².